The number of piperidine rings is 1. The van der Waals surface area contributed by atoms with Crippen molar-refractivity contribution in [2.24, 2.45) is 5.73 Å². The predicted molar refractivity (Wildman–Crippen MR) is 76.3 cm³/mol. The minimum absolute atomic E-state index is 0. The van der Waals surface area contributed by atoms with E-state index in [-0.39, 0.29) is 18.3 Å². The molecule has 1 aliphatic rings. The zero-order valence-electron chi connectivity index (χ0n) is 11.5. The molecule has 0 aliphatic carbocycles. The normalized spacial score (nSPS) is 26.4. The SMILES string of the molecule is C[C@@H]1C(c2ccccc2)C[C@H](N)C(=O)N1CC(F)(F)F.Cl. The zero-order chi connectivity index (χ0) is 14.9. The molecule has 1 aromatic rings. The lowest BCUT2D eigenvalue weighted by Gasteiger charge is -2.42. The summed E-state index contributed by atoms with van der Waals surface area (Å²) in [7, 11) is 0. The second kappa shape index (κ2) is 6.66. The molecule has 3 nitrogen and oxygen atoms in total. The van der Waals surface area contributed by atoms with E-state index in [9.17, 15) is 18.0 Å². The summed E-state index contributed by atoms with van der Waals surface area (Å²) in [4.78, 5) is 12.7. The van der Waals surface area contributed by atoms with E-state index in [0.29, 0.717) is 6.42 Å². The van der Waals surface area contributed by atoms with Gasteiger partial charge in [0, 0.05) is 12.0 Å². The third kappa shape index (κ3) is 4.11. The Labute approximate surface area is 127 Å². The van der Waals surface area contributed by atoms with Crippen molar-refractivity contribution < 1.29 is 18.0 Å². The lowest BCUT2D eigenvalue weighted by molar-refractivity contribution is -0.170. The first-order chi connectivity index (χ1) is 9.29. The van der Waals surface area contributed by atoms with Crippen LogP contribution in [0.2, 0.25) is 0 Å². The minimum atomic E-state index is -4.41. The van der Waals surface area contributed by atoms with Gasteiger partial charge in [-0.2, -0.15) is 13.2 Å². The molecule has 1 aliphatic heterocycles. The van der Waals surface area contributed by atoms with Crippen molar-refractivity contribution in [1.29, 1.82) is 0 Å². The number of halogens is 4. The highest BCUT2D eigenvalue weighted by atomic mass is 35.5. The summed E-state index contributed by atoms with van der Waals surface area (Å²) in [5.41, 5.74) is 6.63. The van der Waals surface area contributed by atoms with Gasteiger partial charge in [-0.3, -0.25) is 4.79 Å². The number of amides is 1. The van der Waals surface area contributed by atoms with Gasteiger partial charge in [0.15, 0.2) is 0 Å². The lowest BCUT2D eigenvalue weighted by Crippen LogP contribution is -2.57. The maximum atomic E-state index is 12.6. The maximum absolute atomic E-state index is 12.6. The van der Waals surface area contributed by atoms with E-state index in [1.807, 2.05) is 30.3 Å². The molecule has 1 fully saturated rings. The van der Waals surface area contributed by atoms with E-state index < -0.39 is 30.7 Å². The summed E-state index contributed by atoms with van der Waals surface area (Å²) in [6.45, 7) is 0.400. The first-order valence-corrected chi connectivity index (χ1v) is 6.47. The van der Waals surface area contributed by atoms with Crippen molar-refractivity contribution in [3.05, 3.63) is 35.9 Å². The van der Waals surface area contributed by atoms with Crippen molar-refractivity contribution in [3.63, 3.8) is 0 Å². The summed E-state index contributed by atoms with van der Waals surface area (Å²) in [6, 6.07) is 7.82. The van der Waals surface area contributed by atoms with Crippen molar-refractivity contribution in [2.75, 3.05) is 6.54 Å². The highest BCUT2D eigenvalue weighted by Crippen LogP contribution is 2.34. The van der Waals surface area contributed by atoms with Gasteiger partial charge in [-0.25, -0.2) is 0 Å². The molecule has 2 rings (SSSR count). The fraction of sp³-hybridized carbons (Fsp3) is 0.500. The molecule has 0 spiro atoms. The number of benzene rings is 1. The molecule has 1 heterocycles. The Hall–Kier alpha value is -1.27. The van der Waals surface area contributed by atoms with Crippen LogP contribution < -0.4 is 5.73 Å². The van der Waals surface area contributed by atoms with Gasteiger partial charge in [0.25, 0.3) is 0 Å². The molecule has 21 heavy (non-hydrogen) atoms. The number of nitrogens with zero attached hydrogens (tertiary/aromatic N) is 1. The van der Waals surface area contributed by atoms with Crippen LogP contribution in [0.25, 0.3) is 0 Å². The Morgan fingerprint density at radius 3 is 2.38 bits per heavy atom. The van der Waals surface area contributed by atoms with Gasteiger partial charge in [-0.05, 0) is 18.9 Å². The topological polar surface area (TPSA) is 46.3 Å². The summed E-state index contributed by atoms with van der Waals surface area (Å²) in [5, 5.41) is 0. The third-order valence-electron chi connectivity index (χ3n) is 3.76. The van der Waals surface area contributed by atoms with E-state index in [1.165, 1.54) is 0 Å². The van der Waals surface area contributed by atoms with E-state index in [0.717, 1.165) is 10.5 Å². The number of carbonyl (C=O) groups excluding carboxylic acids is 1. The summed E-state index contributed by atoms with van der Waals surface area (Å²) in [6.07, 6.45) is -4.04. The Kier molecular flexibility index (Phi) is 5.64. The fourth-order valence-corrected chi connectivity index (χ4v) is 2.73. The summed E-state index contributed by atoms with van der Waals surface area (Å²) >= 11 is 0. The first kappa shape index (κ1) is 17.8. The predicted octanol–water partition coefficient (Wildman–Crippen LogP) is 2.70. The van der Waals surface area contributed by atoms with Crippen LogP contribution in [0.4, 0.5) is 13.2 Å². The van der Waals surface area contributed by atoms with Crippen LogP contribution in [0.1, 0.15) is 24.8 Å². The van der Waals surface area contributed by atoms with E-state index in [2.05, 4.69) is 0 Å². The van der Waals surface area contributed by atoms with Crippen LogP contribution in [-0.2, 0) is 4.79 Å². The second-order valence-electron chi connectivity index (χ2n) is 5.18. The van der Waals surface area contributed by atoms with Crippen molar-refractivity contribution in [2.45, 2.75) is 37.5 Å². The van der Waals surface area contributed by atoms with Gasteiger partial charge in [0.1, 0.15) is 6.54 Å². The molecule has 1 unspecified atom stereocenters. The van der Waals surface area contributed by atoms with Crippen LogP contribution >= 0.6 is 12.4 Å². The largest absolute Gasteiger partial charge is 0.406 e. The monoisotopic (exact) mass is 322 g/mol. The van der Waals surface area contributed by atoms with Crippen molar-refractivity contribution in [1.82, 2.24) is 4.90 Å². The molecule has 0 saturated carbocycles. The van der Waals surface area contributed by atoms with E-state index in [4.69, 9.17) is 5.73 Å². The Balaban J connectivity index is 0.00000220. The number of carbonyl (C=O) groups is 1. The molecular weight excluding hydrogens is 305 g/mol. The Morgan fingerprint density at radius 1 is 1.29 bits per heavy atom. The molecule has 3 atom stereocenters. The van der Waals surface area contributed by atoms with Gasteiger partial charge in [0.2, 0.25) is 5.91 Å². The van der Waals surface area contributed by atoms with Crippen LogP contribution in [0, 0.1) is 0 Å². The highest BCUT2D eigenvalue weighted by Gasteiger charge is 2.43. The molecule has 0 radical (unpaired) electrons. The minimum Gasteiger partial charge on any atom is -0.329 e. The molecular formula is C14H18ClF3N2O. The molecule has 7 heteroatoms. The van der Waals surface area contributed by atoms with Crippen LogP contribution in [-0.4, -0.2) is 35.6 Å². The van der Waals surface area contributed by atoms with E-state index >= 15 is 0 Å². The molecule has 1 amide bonds. The average molecular weight is 323 g/mol. The zero-order valence-corrected chi connectivity index (χ0v) is 12.3. The average Bonchev–Trinajstić information content (AvgIpc) is 2.39. The number of hydrogen-bond acceptors (Lipinski definition) is 2. The molecule has 2 N–H and O–H groups in total. The van der Waals surface area contributed by atoms with Crippen LogP contribution in [0.5, 0.6) is 0 Å². The van der Waals surface area contributed by atoms with Gasteiger partial charge in [-0.15, -0.1) is 12.4 Å². The second-order valence-corrected chi connectivity index (χ2v) is 5.18. The number of nitrogens with two attached hydrogens (primary N) is 1. The van der Waals surface area contributed by atoms with Crippen molar-refractivity contribution in [3.8, 4) is 0 Å². The molecule has 0 aromatic heterocycles. The standard InChI is InChI=1S/C14H17F3N2O.ClH/c1-9-11(10-5-3-2-4-6-10)7-12(18)13(20)19(9)8-14(15,16)17;/h2-6,9,11-12H,7-8,18H2,1H3;1H/t9-,11?,12+;/m1./s1. The molecule has 1 aromatic carbocycles. The van der Waals surface area contributed by atoms with Gasteiger partial charge >= 0.3 is 6.18 Å². The van der Waals surface area contributed by atoms with Crippen molar-refractivity contribution >= 4 is 18.3 Å². The summed E-state index contributed by atoms with van der Waals surface area (Å²) < 4.78 is 37.8. The smallest absolute Gasteiger partial charge is 0.329 e. The first-order valence-electron chi connectivity index (χ1n) is 6.47. The van der Waals surface area contributed by atoms with Gasteiger partial charge < -0.3 is 10.6 Å². The maximum Gasteiger partial charge on any atom is 0.406 e. The van der Waals surface area contributed by atoms with Crippen LogP contribution in [0.3, 0.4) is 0 Å². The Morgan fingerprint density at radius 2 is 1.86 bits per heavy atom. The van der Waals surface area contributed by atoms with Gasteiger partial charge in [-0.1, -0.05) is 30.3 Å². The number of likely N-dealkylation sites (tertiary alicyclic amines) is 1. The Bertz CT molecular complexity index is 481. The van der Waals surface area contributed by atoms with Crippen LogP contribution in [0.15, 0.2) is 30.3 Å². The fourth-order valence-electron chi connectivity index (χ4n) is 2.73. The van der Waals surface area contributed by atoms with Gasteiger partial charge in [0.05, 0.1) is 6.04 Å². The quantitative estimate of drug-likeness (QED) is 0.910. The molecule has 118 valence electrons. The third-order valence-corrected chi connectivity index (χ3v) is 3.76. The number of alkyl halides is 3. The summed E-state index contributed by atoms with van der Waals surface area (Å²) in [5.74, 6) is -0.798. The molecule has 0 bridgehead atoms. The molecule has 1 saturated heterocycles. The highest BCUT2D eigenvalue weighted by molar-refractivity contribution is 5.85. The van der Waals surface area contributed by atoms with E-state index in [1.54, 1.807) is 6.92 Å². The number of rotatable bonds is 2. The lowest BCUT2D eigenvalue weighted by atomic mass is 9.82. The number of hydrogen-bond donors (Lipinski definition) is 1.